The number of benzene rings is 1. The summed E-state index contributed by atoms with van der Waals surface area (Å²) in [6, 6.07) is 7.85. The summed E-state index contributed by atoms with van der Waals surface area (Å²) >= 11 is 12.3. The molecule has 0 radical (unpaired) electrons. The number of fused-ring (bicyclic) bond motifs is 1. The average Bonchev–Trinajstić information content (AvgIpc) is 3.17. The van der Waals surface area contributed by atoms with Crippen molar-refractivity contribution in [3.8, 4) is 0 Å². The lowest BCUT2D eigenvalue weighted by atomic mass is 9.84. The molecule has 0 saturated carbocycles. The maximum Gasteiger partial charge on any atom is 0.128 e. The summed E-state index contributed by atoms with van der Waals surface area (Å²) in [5, 5.41) is 8.15. The molecule has 1 aliphatic heterocycles. The Morgan fingerprint density at radius 2 is 2.07 bits per heavy atom. The van der Waals surface area contributed by atoms with Crippen molar-refractivity contribution in [1.29, 1.82) is 0 Å². The Hall–Kier alpha value is -1.82. The van der Waals surface area contributed by atoms with E-state index in [1.807, 2.05) is 24.3 Å². The summed E-state index contributed by atoms with van der Waals surface area (Å²) in [6.07, 6.45) is 4.05. The molecule has 1 aliphatic rings. The molecule has 1 unspecified atom stereocenters. The molecule has 1 atom stereocenters. The Morgan fingerprint density at radius 1 is 1.21 bits per heavy atom. The van der Waals surface area contributed by atoms with Gasteiger partial charge in [-0.1, -0.05) is 43.1 Å². The van der Waals surface area contributed by atoms with Gasteiger partial charge in [0, 0.05) is 30.5 Å². The number of rotatable bonds is 5. The van der Waals surface area contributed by atoms with Gasteiger partial charge in [0.25, 0.3) is 0 Å². The second-order valence-electron chi connectivity index (χ2n) is 8.10. The van der Waals surface area contributed by atoms with Gasteiger partial charge >= 0.3 is 0 Å². The van der Waals surface area contributed by atoms with Crippen LogP contribution in [-0.4, -0.2) is 34.6 Å². The molecular formula is C21H25Cl2N5. The largest absolute Gasteiger partial charge is 0.369 e. The van der Waals surface area contributed by atoms with Gasteiger partial charge < -0.3 is 15.6 Å². The number of anilines is 1. The van der Waals surface area contributed by atoms with Crippen molar-refractivity contribution in [1.82, 2.24) is 20.3 Å². The van der Waals surface area contributed by atoms with Gasteiger partial charge in [-0.05, 0) is 37.1 Å². The second-order valence-corrected chi connectivity index (χ2v) is 8.92. The predicted octanol–water partition coefficient (Wildman–Crippen LogP) is 5.12. The molecule has 1 fully saturated rings. The molecule has 0 amide bonds. The third kappa shape index (κ3) is 3.97. The third-order valence-corrected chi connectivity index (χ3v) is 6.27. The van der Waals surface area contributed by atoms with E-state index in [1.54, 1.807) is 6.33 Å². The Balaban J connectivity index is 1.58. The molecular weight excluding hydrogens is 393 g/mol. The maximum absolute atomic E-state index is 6.21. The highest BCUT2D eigenvalue weighted by atomic mass is 35.5. The number of aromatic nitrogens is 3. The summed E-state index contributed by atoms with van der Waals surface area (Å²) in [6.45, 7) is 7.11. The Bertz CT molecular complexity index is 976. The van der Waals surface area contributed by atoms with Crippen molar-refractivity contribution in [2.45, 2.75) is 38.0 Å². The lowest BCUT2D eigenvalue weighted by molar-refractivity contribution is 0.456. The van der Waals surface area contributed by atoms with E-state index in [-0.39, 0.29) is 5.41 Å². The number of imidazole rings is 1. The van der Waals surface area contributed by atoms with E-state index in [0.717, 1.165) is 54.2 Å². The first kappa shape index (κ1) is 19.5. The minimum atomic E-state index is -0.134. The SMILES string of the molecule is CC(C)(CNc1cc2[nH]cnc2c(C2CCCNC2)n1)c1ccc(Cl)c(Cl)c1. The number of halogens is 2. The Labute approximate surface area is 175 Å². The lowest BCUT2D eigenvalue weighted by Gasteiger charge is -2.27. The maximum atomic E-state index is 6.21. The minimum absolute atomic E-state index is 0.134. The zero-order chi connectivity index (χ0) is 19.7. The first-order chi connectivity index (χ1) is 13.4. The topological polar surface area (TPSA) is 65.6 Å². The van der Waals surface area contributed by atoms with Crippen molar-refractivity contribution in [3.63, 3.8) is 0 Å². The Kier molecular flexibility index (Phi) is 5.50. The van der Waals surface area contributed by atoms with E-state index < -0.39 is 0 Å². The van der Waals surface area contributed by atoms with Crippen LogP contribution in [0.4, 0.5) is 5.82 Å². The highest BCUT2D eigenvalue weighted by molar-refractivity contribution is 6.42. The monoisotopic (exact) mass is 417 g/mol. The fraction of sp³-hybridized carbons (Fsp3) is 0.429. The minimum Gasteiger partial charge on any atom is -0.369 e. The number of nitrogens with zero attached hydrogens (tertiary/aromatic N) is 2. The molecule has 3 N–H and O–H groups in total. The van der Waals surface area contributed by atoms with Gasteiger partial charge in [0.1, 0.15) is 11.3 Å². The van der Waals surface area contributed by atoms with Crippen molar-refractivity contribution in [2.75, 3.05) is 25.0 Å². The van der Waals surface area contributed by atoms with Crippen LogP contribution in [0.25, 0.3) is 11.0 Å². The summed E-state index contributed by atoms with van der Waals surface area (Å²) in [5.41, 5.74) is 4.06. The molecule has 0 spiro atoms. The molecule has 148 valence electrons. The van der Waals surface area contributed by atoms with E-state index in [2.05, 4.69) is 34.4 Å². The normalized spacial score (nSPS) is 17.8. The van der Waals surface area contributed by atoms with Crippen LogP contribution in [0, 0.1) is 0 Å². The van der Waals surface area contributed by atoms with Gasteiger partial charge in [-0.15, -0.1) is 0 Å². The van der Waals surface area contributed by atoms with Crippen LogP contribution < -0.4 is 10.6 Å². The van der Waals surface area contributed by atoms with Gasteiger partial charge in [-0.2, -0.15) is 0 Å². The molecule has 0 bridgehead atoms. The number of hydrogen-bond donors (Lipinski definition) is 3. The summed E-state index contributed by atoms with van der Waals surface area (Å²) < 4.78 is 0. The molecule has 28 heavy (non-hydrogen) atoms. The van der Waals surface area contributed by atoms with Crippen LogP contribution in [-0.2, 0) is 5.41 Å². The first-order valence-corrected chi connectivity index (χ1v) is 10.4. The predicted molar refractivity (Wildman–Crippen MR) is 117 cm³/mol. The fourth-order valence-corrected chi connectivity index (χ4v) is 4.06. The second kappa shape index (κ2) is 7.90. The van der Waals surface area contributed by atoms with Crippen LogP contribution >= 0.6 is 23.2 Å². The molecule has 3 heterocycles. The van der Waals surface area contributed by atoms with Gasteiger partial charge in [0.15, 0.2) is 0 Å². The Morgan fingerprint density at radius 3 is 2.82 bits per heavy atom. The van der Waals surface area contributed by atoms with Crippen LogP contribution in [0.1, 0.15) is 43.9 Å². The standard InChI is InChI=1S/C21H25Cl2N5/c1-21(2,14-5-6-15(22)16(23)8-14)11-25-18-9-17-20(27-12-26-17)19(28-18)13-4-3-7-24-10-13/h5-6,8-9,12-13,24H,3-4,7,10-11H2,1-2H3,(H,25,28)(H,26,27). The van der Waals surface area contributed by atoms with Gasteiger partial charge in [0.2, 0.25) is 0 Å². The van der Waals surface area contributed by atoms with E-state index in [9.17, 15) is 0 Å². The quantitative estimate of drug-likeness (QED) is 0.538. The first-order valence-electron chi connectivity index (χ1n) is 9.68. The number of piperidine rings is 1. The number of H-pyrrole nitrogens is 1. The van der Waals surface area contributed by atoms with Crippen LogP contribution in [0.3, 0.4) is 0 Å². The van der Waals surface area contributed by atoms with Crippen molar-refractivity contribution in [3.05, 3.63) is 51.9 Å². The van der Waals surface area contributed by atoms with Crippen LogP contribution in [0.15, 0.2) is 30.6 Å². The number of pyridine rings is 1. The van der Waals surface area contributed by atoms with E-state index >= 15 is 0 Å². The zero-order valence-corrected chi connectivity index (χ0v) is 17.7. The summed E-state index contributed by atoms with van der Waals surface area (Å²) in [4.78, 5) is 12.7. The third-order valence-electron chi connectivity index (χ3n) is 5.53. The van der Waals surface area contributed by atoms with Crippen molar-refractivity contribution in [2.24, 2.45) is 0 Å². The number of nitrogens with one attached hydrogen (secondary N) is 3. The average molecular weight is 418 g/mol. The van der Waals surface area contributed by atoms with E-state index in [0.29, 0.717) is 16.0 Å². The van der Waals surface area contributed by atoms with Crippen molar-refractivity contribution < 1.29 is 0 Å². The molecule has 4 rings (SSSR count). The molecule has 1 aromatic carbocycles. The van der Waals surface area contributed by atoms with Crippen LogP contribution in [0.5, 0.6) is 0 Å². The highest BCUT2D eigenvalue weighted by Crippen LogP contribution is 2.32. The van der Waals surface area contributed by atoms with Crippen LogP contribution in [0.2, 0.25) is 10.0 Å². The van der Waals surface area contributed by atoms with Gasteiger partial charge in [0.05, 0.1) is 27.6 Å². The number of hydrogen-bond acceptors (Lipinski definition) is 4. The van der Waals surface area contributed by atoms with Gasteiger partial charge in [-0.3, -0.25) is 0 Å². The molecule has 1 saturated heterocycles. The molecule has 0 aliphatic carbocycles. The van der Waals surface area contributed by atoms with Gasteiger partial charge in [-0.25, -0.2) is 9.97 Å². The van der Waals surface area contributed by atoms with E-state index in [1.165, 1.54) is 6.42 Å². The number of aromatic amines is 1. The fourth-order valence-electron chi connectivity index (χ4n) is 3.76. The smallest absolute Gasteiger partial charge is 0.128 e. The molecule has 3 aromatic rings. The molecule has 7 heteroatoms. The molecule has 2 aromatic heterocycles. The summed E-state index contributed by atoms with van der Waals surface area (Å²) in [5.74, 6) is 1.26. The highest BCUT2D eigenvalue weighted by Gasteiger charge is 2.24. The lowest BCUT2D eigenvalue weighted by Crippen LogP contribution is -2.30. The van der Waals surface area contributed by atoms with Crippen molar-refractivity contribution >= 4 is 40.1 Å². The summed E-state index contributed by atoms with van der Waals surface area (Å²) in [7, 11) is 0. The van der Waals surface area contributed by atoms with E-state index in [4.69, 9.17) is 28.2 Å². The zero-order valence-electron chi connectivity index (χ0n) is 16.1. The molecule has 5 nitrogen and oxygen atoms in total.